The molecule has 4 aromatic carbocycles. The van der Waals surface area contributed by atoms with Gasteiger partial charge in [-0.25, -0.2) is 24.5 Å². The van der Waals surface area contributed by atoms with E-state index in [-0.39, 0.29) is 23.9 Å². The van der Waals surface area contributed by atoms with Crippen LogP contribution in [0.25, 0.3) is 44.9 Å². The Kier molecular flexibility index (Phi) is 11.4. The van der Waals surface area contributed by atoms with Gasteiger partial charge < -0.3 is 44.9 Å². The van der Waals surface area contributed by atoms with E-state index < -0.39 is 24.3 Å². The molecule has 3 aromatic heterocycles. The lowest BCUT2D eigenvalue weighted by molar-refractivity contribution is -0.135. The standard InChI is InChI=1S/C47H46N10O6/c1-62-46(60)54-39(29-11-5-3-6-12-29)44(58)56-23-9-15-37(56)42-48-26-35(52-42)28-17-19-31(20-18-28)41-50-33-22-21-32(25-34(33)51-41)36-27-49-43(53-36)38-16-10-24-57(38)45(59)40(55-47(61)63-2)30-13-7-4-8-14-30/h3-8,11-14,17-22,25-27,37-40H,9-10,15-16,23-24H2,1-2H3,(H,48,52)(H,49,53)(H,50,51)(H,54,60)(H,55,61)/t37-,38+,39+,40-/m1/s1. The fourth-order valence-corrected chi connectivity index (χ4v) is 8.61. The summed E-state index contributed by atoms with van der Waals surface area (Å²) in [6.45, 7) is 1.08. The number of fused-ring (bicyclic) bond motifs is 1. The molecule has 2 saturated heterocycles. The van der Waals surface area contributed by atoms with Crippen LogP contribution < -0.4 is 10.6 Å². The molecule has 0 aliphatic carbocycles. The van der Waals surface area contributed by atoms with Crippen LogP contribution >= 0.6 is 0 Å². The molecule has 4 amide bonds. The second-order valence-corrected chi connectivity index (χ2v) is 15.6. The molecule has 0 radical (unpaired) electrons. The molecule has 16 nitrogen and oxygen atoms in total. The van der Waals surface area contributed by atoms with Gasteiger partial charge in [-0.15, -0.1) is 0 Å². The van der Waals surface area contributed by atoms with Gasteiger partial charge in [0.25, 0.3) is 11.8 Å². The van der Waals surface area contributed by atoms with Gasteiger partial charge in [0.1, 0.15) is 29.6 Å². The average Bonchev–Trinajstić information content (AvgIpc) is 4.19. The van der Waals surface area contributed by atoms with E-state index in [9.17, 15) is 19.2 Å². The van der Waals surface area contributed by atoms with Gasteiger partial charge in [-0.2, -0.15) is 0 Å². The maximum Gasteiger partial charge on any atom is 0.407 e. The summed E-state index contributed by atoms with van der Waals surface area (Å²) in [5, 5.41) is 5.42. The number of likely N-dealkylation sites (tertiary alicyclic amines) is 2. The lowest BCUT2D eigenvalue weighted by atomic mass is 10.1. The van der Waals surface area contributed by atoms with Gasteiger partial charge in [0, 0.05) is 24.2 Å². The van der Waals surface area contributed by atoms with Gasteiger partial charge in [0.05, 0.1) is 61.1 Å². The normalized spacial score (nSPS) is 17.0. The number of nitrogens with zero attached hydrogens (tertiary/aromatic N) is 5. The van der Waals surface area contributed by atoms with Gasteiger partial charge in [-0.3, -0.25) is 9.59 Å². The maximum atomic E-state index is 14.0. The molecule has 7 aromatic rings. The van der Waals surface area contributed by atoms with Gasteiger partial charge in [-0.1, -0.05) is 91.0 Å². The molecule has 0 saturated carbocycles. The Hall–Kier alpha value is -7.75. The van der Waals surface area contributed by atoms with Crippen LogP contribution in [0.4, 0.5) is 9.59 Å². The highest BCUT2D eigenvalue weighted by Crippen LogP contribution is 2.36. The number of carbonyl (C=O) groups is 4. The van der Waals surface area contributed by atoms with Crippen molar-refractivity contribution in [1.82, 2.24) is 50.3 Å². The molecule has 2 fully saturated rings. The van der Waals surface area contributed by atoms with E-state index in [1.807, 2.05) is 103 Å². The Balaban J connectivity index is 0.884. The second-order valence-electron chi connectivity index (χ2n) is 15.6. The lowest BCUT2D eigenvalue weighted by Gasteiger charge is -2.28. The van der Waals surface area contributed by atoms with Crippen molar-refractivity contribution in [3.63, 3.8) is 0 Å². The zero-order chi connectivity index (χ0) is 43.5. The quantitative estimate of drug-likeness (QED) is 0.0872. The van der Waals surface area contributed by atoms with Gasteiger partial charge in [-0.05, 0) is 54.5 Å². The number of hydrogen-bond donors (Lipinski definition) is 5. The van der Waals surface area contributed by atoms with Crippen LogP contribution in [0.3, 0.4) is 0 Å². The summed E-state index contributed by atoms with van der Waals surface area (Å²) in [7, 11) is 2.55. The highest BCUT2D eigenvalue weighted by Gasteiger charge is 2.38. The number of imidazole rings is 3. The third kappa shape index (κ3) is 8.34. The van der Waals surface area contributed by atoms with E-state index in [0.29, 0.717) is 41.7 Å². The van der Waals surface area contributed by atoms with Gasteiger partial charge in [0.15, 0.2) is 0 Å². The monoisotopic (exact) mass is 846 g/mol. The van der Waals surface area contributed by atoms with Crippen LogP contribution in [0, 0.1) is 0 Å². The molecular formula is C47H46N10O6. The number of methoxy groups -OCH3 is 2. The number of ether oxygens (including phenoxy) is 2. The topological polar surface area (TPSA) is 203 Å². The minimum absolute atomic E-state index is 0.224. The van der Waals surface area contributed by atoms with Crippen molar-refractivity contribution in [2.45, 2.75) is 49.9 Å². The number of amides is 4. The minimum atomic E-state index is -0.897. The van der Waals surface area contributed by atoms with E-state index in [4.69, 9.17) is 24.4 Å². The zero-order valence-corrected chi connectivity index (χ0v) is 34.7. The number of aromatic nitrogens is 6. The SMILES string of the molecule is COC(=O)N[C@H](C(=O)N1CCC[C@@H]1c1ncc(-c2ccc(-c3nc4ccc(-c5cnc([C@@H]6CCCN6C(=O)[C@H](NC(=O)OC)c6ccccc6)[nH]5)cc4[nH]3)cc2)[nH]1)c1ccccc1. The van der Waals surface area contributed by atoms with E-state index in [2.05, 4.69) is 25.6 Å². The molecule has 2 aliphatic rings. The van der Waals surface area contributed by atoms with Crippen LogP contribution in [0.1, 0.15) is 72.6 Å². The fourth-order valence-electron chi connectivity index (χ4n) is 8.61. The van der Waals surface area contributed by atoms with E-state index in [1.54, 1.807) is 22.2 Å². The number of carbonyl (C=O) groups excluding carboxylic acids is 4. The minimum Gasteiger partial charge on any atom is -0.453 e. The molecular weight excluding hydrogens is 801 g/mol. The van der Waals surface area contributed by atoms with Crippen molar-refractivity contribution in [2.75, 3.05) is 27.3 Å². The predicted octanol–water partition coefficient (Wildman–Crippen LogP) is 7.53. The fraction of sp³-hybridized carbons (Fsp3) is 0.255. The molecule has 4 atom stereocenters. The maximum absolute atomic E-state index is 14.0. The molecule has 9 rings (SSSR count). The number of benzene rings is 4. The Morgan fingerprint density at radius 2 is 1.10 bits per heavy atom. The Labute approximate surface area is 362 Å². The molecule has 5 heterocycles. The number of alkyl carbamates (subject to hydrolysis) is 2. The molecule has 0 unspecified atom stereocenters. The highest BCUT2D eigenvalue weighted by molar-refractivity contribution is 5.89. The van der Waals surface area contributed by atoms with Crippen LogP contribution in [0.15, 0.2) is 116 Å². The summed E-state index contributed by atoms with van der Waals surface area (Å²) in [5.41, 5.74) is 7.35. The molecule has 16 heteroatoms. The number of hydrogen-bond acceptors (Lipinski definition) is 9. The zero-order valence-electron chi connectivity index (χ0n) is 34.7. The highest BCUT2D eigenvalue weighted by atomic mass is 16.5. The van der Waals surface area contributed by atoms with E-state index >= 15 is 0 Å². The summed E-state index contributed by atoms with van der Waals surface area (Å²) in [6.07, 6.45) is 5.27. The number of H-pyrrole nitrogens is 3. The Bertz CT molecular complexity index is 2750. The van der Waals surface area contributed by atoms with Crippen molar-refractivity contribution in [1.29, 1.82) is 0 Å². The molecule has 0 spiro atoms. The molecule has 2 aliphatic heterocycles. The number of nitrogens with one attached hydrogen (secondary N) is 5. The summed E-state index contributed by atoms with van der Waals surface area (Å²) < 4.78 is 9.67. The van der Waals surface area contributed by atoms with Crippen LogP contribution in [0.5, 0.6) is 0 Å². The molecule has 63 heavy (non-hydrogen) atoms. The largest absolute Gasteiger partial charge is 0.453 e. The smallest absolute Gasteiger partial charge is 0.407 e. The third-order valence-electron chi connectivity index (χ3n) is 11.8. The van der Waals surface area contributed by atoms with E-state index in [1.165, 1.54) is 14.2 Å². The second kappa shape index (κ2) is 17.7. The van der Waals surface area contributed by atoms with Gasteiger partial charge in [0.2, 0.25) is 0 Å². The van der Waals surface area contributed by atoms with Crippen molar-refractivity contribution in [2.24, 2.45) is 0 Å². The average molecular weight is 847 g/mol. The number of aromatic amines is 3. The first kappa shape index (κ1) is 40.6. The molecule has 320 valence electrons. The van der Waals surface area contributed by atoms with Crippen molar-refractivity contribution < 1.29 is 28.7 Å². The first-order valence-corrected chi connectivity index (χ1v) is 20.9. The predicted molar refractivity (Wildman–Crippen MR) is 234 cm³/mol. The molecule has 5 N–H and O–H groups in total. The summed E-state index contributed by atoms with van der Waals surface area (Å²) >= 11 is 0. The van der Waals surface area contributed by atoms with Crippen molar-refractivity contribution >= 4 is 35.0 Å². The van der Waals surface area contributed by atoms with Crippen LogP contribution in [0.2, 0.25) is 0 Å². The molecule has 0 bridgehead atoms. The van der Waals surface area contributed by atoms with Crippen LogP contribution in [-0.2, 0) is 19.1 Å². The first-order valence-electron chi connectivity index (χ1n) is 20.9. The first-order chi connectivity index (χ1) is 30.8. The van der Waals surface area contributed by atoms with Crippen LogP contribution in [-0.4, -0.2) is 91.0 Å². The third-order valence-corrected chi connectivity index (χ3v) is 11.8. The summed E-state index contributed by atoms with van der Waals surface area (Å²) in [6, 6.07) is 29.9. The number of rotatable bonds is 11. The van der Waals surface area contributed by atoms with E-state index in [0.717, 1.165) is 64.8 Å². The lowest BCUT2D eigenvalue weighted by Crippen LogP contribution is -2.42. The summed E-state index contributed by atoms with van der Waals surface area (Å²) in [5.74, 6) is 1.62. The van der Waals surface area contributed by atoms with Crippen molar-refractivity contribution in [3.05, 3.63) is 138 Å². The Morgan fingerprint density at radius 3 is 1.60 bits per heavy atom. The van der Waals surface area contributed by atoms with Gasteiger partial charge >= 0.3 is 12.2 Å². The van der Waals surface area contributed by atoms with Crippen molar-refractivity contribution in [3.8, 4) is 33.9 Å². The summed E-state index contributed by atoms with van der Waals surface area (Å²) in [4.78, 5) is 80.6. The Morgan fingerprint density at radius 1 is 0.619 bits per heavy atom.